The van der Waals surface area contributed by atoms with E-state index < -0.39 is 0 Å². The van der Waals surface area contributed by atoms with Crippen LogP contribution in [0, 0.1) is 13.8 Å². The summed E-state index contributed by atoms with van der Waals surface area (Å²) in [7, 11) is 0. The van der Waals surface area contributed by atoms with E-state index in [1.807, 2.05) is 78.2 Å². The van der Waals surface area contributed by atoms with Gasteiger partial charge in [-0.05, 0) is 78.7 Å². The van der Waals surface area contributed by atoms with Gasteiger partial charge in [-0.15, -0.1) is 23.7 Å². The average molecular weight is 505 g/mol. The quantitative estimate of drug-likeness (QED) is 0.188. The minimum atomic E-state index is -0.0988. The molecule has 0 spiro atoms. The van der Waals surface area contributed by atoms with E-state index in [9.17, 15) is 4.79 Å². The van der Waals surface area contributed by atoms with Crippen molar-refractivity contribution in [3.63, 3.8) is 0 Å². The van der Waals surface area contributed by atoms with Crippen molar-refractivity contribution >= 4 is 52.5 Å². The summed E-state index contributed by atoms with van der Waals surface area (Å²) in [6, 6.07) is 25.5. The number of thiophene rings is 1. The first kappa shape index (κ1) is 26.0. The molecule has 4 N–H and O–H groups in total. The first-order valence-electron chi connectivity index (χ1n) is 11.2. The number of anilines is 2. The highest BCUT2D eigenvalue weighted by atomic mass is 35.5. The zero-order valence-corrected chi connectivity index (χ0v) is 21.4. The summed E-state index contributed by atoms with van der Waals surface area (Å²) in [4.78, 5) is 18.3. The molecule has 0 fully saturated rings. The van der Waals surface area contributed by atoms with Gasteiger partial charge in [0.15, 0.2) is 0 Å². The molecule has 0 unspecified atom stereocenters. The summed E-state index contributed by atoms with van der Waals surface area (Å²) < 4.78 is 0. The second kappa shape index (κ2) is 12.2. The number of hydrogen-bond donors (Lipinski definition) is 3. The number of amidine groups is 1. The lowest BCUT2D eigenvalue weighted by atomic mass is 10.1. The lowest BCUT2D eigenvalue weighted by molar-refractivity contribution is 0.0955. The van der Waals surface area contributed by atoms with Crippen LogP contribution in [0.4, 0.5) is 17.1 Å². The van der Waals surface area contributed by atoms with E-state index in [0.29, 0.717) is 17.9 Å². The number of carbonyl (C=O) groups excluding carboxylic acids is 1. The van der Waals surface area contributed by atoms with E-state index in [0.717, 1.165) is 33.9 Å². The number of halogens is 1. The SMILES string of the molecule is Cc1cccc(Nc2ccccc2C(=O)NCCc2ccc(/N=C(\N)c3cccs3)cc2)c1C.Cl. The molecule has 180 valence electrons. The number of nitrogens with one attached hydrogen (secondary N) is 2. The smallest absolute Gasteiger partial charge is 0.253 e. The number of aliphatic imine (C=N–C) groups is 1. The minimum Gasteiger partial charge on any atom is -0.383 e. The molecule has 0 atom stereocenters. The average Bonchev–Trinajstić information content (AvgIpc) is 3.39. The van der Waals surface area contributed by atoms with E-state index >= 15 is 0 Å². The maximum absolute atomic E-state index is 12.9. The molecule has 0 aliphatic heterocycles. The van der Waals surface area contributed by atoms with Crippen LogP contribution in [0.2, 0.25) is 0 Å². The van der Waals surface area contributed by atoms with Crippen LogP contribution in [-0.4, -0.2) is 18.3 Å². The molecule has 3 aromatic carbocycles. The number of carbonyl (C=O) groups is 1. The van der Waals surface area contributed by atoms with Gasteiger partial charge in [0.1, 0.15) is 5.84 Å². The van der Waals surface area contributed by atoms with Gasteiger partial charge < -0.3 is 16.4 Å². The highest BCUT2D eigenvalue weighted by Gasteiger charge is 2.12. The highest BCUT2D eigenvalue weighted by Crippen LogP contribution is 2.25. The zero-order valence-electron chi connectivity index (χ0n) is 19.7. The third-order valence-electron chi connectivity index (χ3n) is 5.70. The van der Waals surface area contributed by atoms with Gasteiger partial charge in [-0.25, -0.2) is 4.99 Å². The number of aryl methyl sites for hydroxylation is 1. The molecule has 0 saturated carbocycles. The molecule has 0 aliphatic rings. The zero-order chi connectivity index (χ0) is 23.9. The van der Waals surface area contributed by atoms with Crippen molar-refractivity contribution in [1.29, 1.82) is 0 Å². The van der Waals surface area contributed by atoms with Gasteiger partial charge in [0.05, 0.1) is 21.8 Å². The lowest BCUT2D eigenvalue weighted by Crippen LogP contribution is -2.26. The Morgan fingerprint density at radius 3 is 2.40 bits per heavy atom. The number of para-hydroxylation sites is 1. The Morgan fingerprint density at radius 1 is 0.914 bits per heavy atom. The summed E-state index contributed by atoms with van der Waals surface area (Å²) in [6.45, 7) is 4.70. The van der Waals surface area contributed by atoms with Crippen LogP contribution >= 0.6 is 23.7 Å². The molecule has 35 heavy (non-hydrogen) atoms. The number of rotatable bonds is 8. The van der Waals surface area contributed by atoms with Crippen LogP contribution in [0.1, 0.15) is 31.9 Å². The third-order valence-corrected chi connectivity index (χ3v) is 6.60. The molecular formula is C28H29ClN4OS. The predicted octanol–water partition coefficient (Wildman–Crippen LogP) is 6.54. The van der Waals surface area contributed by atoms with Crippen LogP contribution < -0.4 is 16.4 Å². The fourth-order valence-corrected chi connectivity index (χ4v) is 4.22. The van der Waals surface area contributed by atoms with E-state index in [1.165, 1.54) is 11.1 Å². The molecule has 5 nitrogen and oxygen atoms in total. The van der Waals surface area contributed by atoms with Crippen molar-refractivity contribution < 1.29 is 4.79 Å². The van der Waals surface area contributed by atoms with Crippen LogP contribution in [0.15, 0.2) is 89.2 Å². The first-order valence-corrected chi connectivity index (χ1v) is 12.1. The van der Waals surface area contributed by atoms with Crippen LogP contribution in [0.3, 0.4) is 0 Å². The summed E-state index contributed by atoms with van der Waals surface area (Å²) in [5.41, 5.74) is 12.8. The normalized spacial score (nSPS) is 11.0. The first-order chi connectivity index (χ1) is 16.5. The maximum Gasteiger partial charge on any atom is 0.253 e. The van der Waals surface area contributed by atoms with E-state index in [2.05, 4.69) is 35.5 Å². The topological polar surface area (TPSA) is 79.5 Å². The van der Waals surface area contributed by atoms with Crippen molar-refractivity contribution in [3.05, 3.63) is 111 Å². The molecule has 4 rings (SSSR count). The van der Waals surface area contributed by atoms with E-state index in [4.69, 9.17) is 5.73 Å². The van der Waals surface area contributed by atoms with Gasteiger partial charge in [0, 0.05) is 12.2 Å². The minimum absolute atomic E-state index is 0. The number of hydrogen-bond acceptors (Lipinski definition) is 4. The molecule has 0 aliphatic carbocycles. The largest absolute Gasteiger partial charge is 0.383 e. The summed E-state index contributed by atoms with van der Waals surface area (Å²) in [5.74, 6) is 0.418. The van der Waals surface area contributed by atoms with Crippen LogP contribution in [-0.2, 0) is 6.42 Å². The van der Waals surface area contributed by atoms with Gasteiger partial charge in [-0.3, -0.25) is 4.79 Å². The Bertz CT molecular complexity index is 1300. The van der Waals surface area contributed by atoms with Crippen LogP contribution in [0.5, 0.6) is 0 Å². The Labute approximate surface area is 216 Å². The number of nitrogens with two attached hydrogens (primary N) is 1. The van der Waals surface area contributed by atoms with Crippen molar-refractivity contribution in [2.45, 2.75) is 20.3 Å². The van der Waals surface area contributed by atoms with Crippen LogP contribution in [0.25, 0.3) is 0 Å². The molecule has 0 saturated heterocycles. The molecule has 1 heterocycles. The molecule has 0 bridgehead atoms. The van der Waals surface area contributed by atoms with Gasteiger partial charge in [-0.2, -0.15) is 0 Å². The molecular weight excluding hydrogens is 476 g/mol. The third kappa shape index (κ3) is 6.72. The highest BCUT2D eigenvalue weighted by molar-refractivity contribution is 7.12. The number of benzene rings is 3. The Kier molecular flexibility index (Phi) is 9.06. The van der Waals surface area contributed by atoms with Gasteiger partial charge >= 0.3 is 0 Å². The molecule has 0 radical (unpaired) electrons. The van der Waals surface area contributed by atoms with Crippen molar-refractivity contribution in [3.8, 4) is 0 Å². The summed E-state index contributed by atoms with van der Waals surface area (Å²) >= 11 is 1.57. The lowest BCUT2D eigenvalue weighted by Gasteiger charge is -2.15. The molecule has 1 aromatic heterocycles. The second-order valence-electron chi connectivity index (χ2n) is 8.06. The Morgan fingerprint density at radius 2 is 1.66 bits per heavy atom. The number of nitrogens with zero attached hydrogens (tertiary/aromatic N) is 1. The second-order valence-corrected chi connectivity index (χ2v) is 9.01. The van der Waals surface area contributed by atoms with Gasteiger partial charge in [0.2, 0.25) is 0 Å². The van der Waals surface area contributed by atoms with Crippen molar-refractivity contribution in [1.82, 2.24) is 5.32 Å². The molecule has 4 aromatic rings. The summed E-state index contributed by atoms with van der Waals surface area (Å²) in [6.07, 6.45) is 0.725. The van der Waals surface area contributed by atoms with Crippen molar-refractivity contribution in [2.24, 2.45) is 10.7 Å². The van der Waals surface area contributed by atoms with E-state index in [-0.39, 0.29) is 18.3 Å². The summed E-state index contributed by atoms with van der Waals surface area (Å²) in [5, 5.41) is 8.44. The Balaban J connectivity index is 0.00000342. The van der Waals surface area contributed by atoms with Gasteiger partial charge in [-0.1, -0.05) is 42.5 Å². The van der Waals surface area contributed by atoms with Gasteiger partial charge in [0.25, 0.3) is 5.91 Å². The monoisotopic (exact) mass is 504 g/mol. The fourth-order valence-electron chi connectivity index (χ4n) is 3.59. The molecule has 7 heteroatoms. The Hall–Kier alpha value is -3.61. The fraction of sp³-hybridized carbons (Fsp3) is 0.143. The van der Waals surface area contributed by atoms with Crippen molar-refractivity contribution in [2.75, 3.05) is 11.9 Å². The number of amides is 1. The predicted molar refractivity (Wildman–Crippen MR) is 150 cm³/mol. The standard InChI is InChI=1S/C28H28N4OS.ClH/c1-19-7-5-10-24(20(19)2)32-25-9-4-3-8-23(25)28(33)30-17-16-21-12-14-22(15-13-21)31-27(29)26-11-6-18-34-26;/h3-15,18,32H,16-17H2,1-2H3,(H2,29,31)(H,30,33);1H. The maximum atomic E-state index is 12.9. The molecule has 1 amide bonds. The van der Waals surface area contributed by atoms with E-state index in [1.54, 1.807) is 11.3 Å².